The van der Waals surface area contributed by atoms with Crippen molar-refractivity contribution in [2.24, 2.45) is 4.99 Å². The highest BCUT2D eigenvalue weighted by Gasteiger charge is 2.05. The average molecular weight is 191 g/mol. The lowest BCUT2D eigenvalue weighted by molar-refractivity contribution is 0.411. The van der Waals surface area contributed by atoms with Gasteiger partial charge in [0.15, 0.2) is 0 Å². The predicted octanol–water partition coefficient (Wildman–Crippen LogP) is 3.42. The Balaban J connectivity index is 3.24. The first-order valence-electron chi connectivity index (χ1n) is 4.72. The summed E-state index contributed by atoms with van der Waals surface area (Å²) in [4.78, 5) is 4.46. The van der Waals surface area contributed by atoms with Crippen LogP contribution in [0.15, 0.2) is 17.1 Å². The Bertz CT molecular complexity index is 363. The van der Waals surface area contributed by atoms with E-state index in [1.165, 1.54) is 5.56 Å². The van der Waals surface area contributed by atoms with Crippen LogP contribution in [0.3, 0.4) is 0 Å². The molecule has 0 bridgehead atoms. The highest BCUT2D eigenvalue weighted by atomic mass is 16.5. The maximum absolute atomic E-state index is 5.24. The van der Waals surface area contributed by atoms with Crippen molar-refractivity contribution in [2.45, 2.75) is 27.7 Å². The maximum Gasteiger partial charge on any atom is 0.122 e. The monoisotopic (exact) mass is 191 g/mol. The van der Waals surface area contributed by atoms with E-state index < -0.39 is 0 Å². The predicted molar refractivity (Wildman–Crippen MR) is 60.9 cm³/mol. The third-order valence-electron chi connectivity index (χ3n) is 2.27. The Morgan fingerprint density at radius 2 is 1.79 bits per heavy atom. The molecule has 2 heteroatoms. The van der Waals surface area contributed by atoms with E-state index in [-0.39, 0.29) is 0 Å². The first-order chi connectivity index (χ1) is 6.56. The quantitative estimate of drug-likeness (QED) is 0.656. The van der Waals surface area contributed by atoms with Crippen LogP contribution in [0, 0.1) is 13.8 Å². The van der Waals surface area contributed by atoms with Gasteiger partial charge in [-0.25, -0.2) is 0 Å². The molecule has 0 unspecified atom stereocenters. The Kier molecular flexibility index (Phi) is 3.28. The zero-order valence-corrected chi connectivity index (χ0v) is 9.51. The fourth-order valence-corrected chi connectivity index (χ4v) is 1.36. The summed E-state index contributed by atoms with van der Waals surface area (Å²) in [7, 11) is 1.69. The van der Waals surface area contributed by atoms with Crippen LogP contribution in [-0.4, -0.2) is 12.8 Å². The van der Waals surface area contributed by atoms with E-state index in [4.69, 9.17) is 4.74 Å². The van der Waals surface area contributed by atoms with Crippen LogP contribution in [0.25, 0.3) is 0 Å². The van der Waals surface area contributed by atoms with Crippen molar-refractivity contribution in [1.29, 1.82) is 0 Å². The molecule has 0 fully saturated rings. The number of nitrogens with zero attached hydrogens (tertiary/aromatic N) is 1. The Labute approximate surface area is 85.6 Å². The molecule has 0 heterocycles. The molecule has 1 aromatic rings. The summed E-state index contributed by atoms with van der Waals surface area (Å²) in [6.45, 7) is 8.12. The second kappa shape index (κ2) is 4.27. The molecule has 0 aliphatic rings. The number of hydrogen-bond donors (Lipinski definition) is 0. The summed E-state index contributed by atoms with van der Waals surface area (Å²) in [5, 5.41) is 0. The van der Waals surface area contributed by atoms with Crippen molar-refractivity contribution in [3.05, 3.63) is 23.3 Å². The minimum Gasteiger partial charge on any atom is -0.496 e. The van der Waals surface area contributed by atoms with Gasteiger partial charge in [-0.15, -0.1) is 0 Å². The Hall–Kier alpha value is -1.31. The highest BCUT2D eigenvalue weighted by molar-refractivity contribution is 5.82. The minimum absolute atomic E-state index is 0.926. The summed E-state index contributed by atoms with van der Waals surface area (Å²) < 4.78 is 5.24. The second-order valence-electron chi connectivity index (χ2n) is 3.60. The molecule has 1 rings (SSSR count). The van der Waals surface area contributed by atoms with Crippen molar-refractivity contribution in [1.82, 2.24) is 0 Å². The molecule has 0 aromatic heterocycles. The first-order valence-corrected chi connectivity index (χ1v) is 4.72. The van der Waals surface area contributed by atoms with Gasteiger partial charge >= 0.3 is 0 Å². The van der Waals surface area contributed by atoms with Gasteiger partial charge in [0, 0.05) is 5.71 Å². The molecule has 0 spiro atoms. The van der Waals surface area contributed by atoms with Crippen LogP contribution in [0.4, 0.5) is 5.69 Å². The van der Waals surface area contributed by atoms with E-state index in [2.05, 4.69) is 18.8 Å². The standard InChI is InChI=1S/C12H17NO/c1-8(2)13-11-6-7-12(14-5)10(4)9(11)3/h6-7H,1-5H3. The van der Waals surface area contributed by atoms with Crippen LogP contribution in [-0.2, 0) is 0 Å². The third kappa shape index (κ3) is 2.13. The summed E-state index contributed by atoms with van der Waals surface area (Å²) in [6.07, 6.45) is 0. The Morgan fingerprint density at radius 3 is 2.29 bits per heavy atom. The lowest BCUT2D eigenvalue weighted by atomic mass is 10.1. The number of rotatable bonds is 2. The molecule has 2 nitrogen and oxygen atoms in total. The van der Waals surface area contributed by atoms with E-state index in [1.54, 1.807) is 7.11 Å². The fourth-order valence-electron chi connectivity index (χ4n) is 1.36. The van der Waals surface area contributed by atoms with Gasteiger partial charge in [-0.2, -0.15) is 0 Å². The summed E-state index contributed by atoms with van der Waals surface area (Å²) in [5.74, 6) is 0.926. The molecule has 0 amide bonds. The third-order valence-corrected chi connectivity index (χ3v) is 2.27. The van der Waals surface area contributed by atoms with E-state index in [0.717, 1.165) is 22.7 Å². The highest BCUT2D eigenvalue weighted by Crippen LogP contribution is 2.29. The zero-order valence-electron chi connectivity index (χ0n) is 9.51. The smallest absolute Gasteiger partial charge is 0.122 e. The van der Waals surface area contributed by atoms with Crippen molar-refractivity contribution in [3.8, 4) is 5.75 Å². The fraction of sp³-hybridized carbons (Fsp3) is 0.417. The molecule has 0 N–H and O–H groups in total. The average Bonchev–Trinajstić information content (AvgIpc) is 2.13. The van der Waals surface area contributed by atoms with Gasteiger partial charge in [-0.1, -0.05) is 0 Å². The molecule has 0 saturated carbocycles. The van der Waals surface area contributed by atoms with Gasteiger partial charge in [-0.3, -0.25) is 4.99 Å². The molecule has 0 atom stereocenters. The Morgan fingerprint density at radius 1 is 1.14 bits per heavy atom. The van der Waals surface area contributed by atoms with Crippen LogP contribution in [0.1, 0.15) is 25.0 Å². The number of benzene rings is 1. The van der Waals surface area contributed by atoms with E-state index >= 15 is 0 Å². The van der Waals surface area contributed by atoms with E-state index in [9.17, 15) is 0 Å². The van der Waals surface area contributed by atoms with Gasteiger partial charge in [0.05, 0.1) is 12.8 Å². The van der Waals surface area contributed by atoms with Crippen molar-refractivity contribution >= 4 is 11.4 Å². The van der Waals surface area contributed by atoms with Gasteiger partial charge in [0.25, 0.3) is 0 Å². The van der Waals surface area contributed by atoms with Gasteiger partial charge < -0.3 is 4.74 Å². The molecule has 76 valence electrons. The second-order valence-corrected chi connectivity index (χ2v) is 3.60. The number of hydrogen-bond acceptors (Lipinski definition) is 2. The van der Waals surface area contributed by atoms with Crippen LogP contribution < -0.4 is 4.74 Å². The molecule has 0 aliphatic carbocycles. The zero-order chi connectivity index (χ0) is 10.7. The van der Waals surface area contributed by atoms with E-state index in [1.807, 2.05) is 26.0 Å². The van der Waals surface area contributed by atoms with Crippen molar-refractivity contribution < 1.29 is 4.74 Å². The van der Waals surface area contributed by atoms with Gasteiger partial charge in [0.2, 0.25) is 0 Å². The lowest BCUT2D eigenvalue weighted by Gasteiger charge is -2.09. The number of ether oxygens (including phenoxy) is 1. The number of methoxy groups -OCH3 is 1. The summed E-state index contributed by atoms with van der Waals surface area (Å²) >= 11 is 0. The van der Waals surface area contributed by atoms with Crippen molar-refractivity contribution in [2.75, 3.05) is 7.11 Å². The molecule has 0 aliphatic heterocycles. The van der Waals surface area contributed by atoms with Crippen molar-refractivity contribution in [3.63, 3.8) is 0 Å². The summed E-state index contributed by atoms with van der Waals surface area (Å²) in [6, 6.07) is 3.96. The van der Waals surface area contributed by atoms with Crippen LogP contribution >= 0.6 is 0 Å². The number of aliphatic imine (C=N–C) groups is 1. The van der Waals surface area contributed by atoms with Gasteiger partial charge in [-0.05, 0) is 51.0 Å². The van der Waals surface area contributed by atoms with E-state index in [0.29, 0.717) is 0 Å². The minimum atomic E-state index is 0.926. The summed E-state index contributed by atoms with van der Waals surface area (Å²) in [5.41, 5.74) is 4.45. The molecular weight excluding hydrogens is 174 g/mol. The molecule has 1 aromatic carbocycles. The largest absolute Gasteiger partial charge is 0.496 e. The van der Waals surface area contributed by atoms with Crippen LogP contribution in [0.5, 0.6) is 5.75 Å². The molecule has 0 saturated heterocycles. The molecule has 14 heavy (non-hydrogen) atoms. The topological polar surface area (TPSA) is 21.6 Å². The maximum atomic E-state index is 5.24. The van der Waals surface area contributed by atoms with Gasteiger partial charge in [0.1, 0.15) is 5.75 Å². The lowest BCUT2D eigenvalue weighted by Crippen LogP contribution is -1.91. The first kappa shape index (κ1) is 10.8. The molecular formula is C12H17NO. The SMILES string of the molecule is COc1ccc(N=C(C)C)c(C)c1C. The molecule has 0 radical (unpaired) electrons. The van der Waals surface area contributed by atoms with Crippen LogP contribution in [0.2, 0.25) is 0 Å². The normalized spacial score (nSPS) is 9.79.